The summed E-state index contributed by atoms with van der Waals surface area (Å²) in [6.07, 6.45) is 0. The van der Waals surface area contributed by atoms with Crippen molar-refractivity contribution < 1.29 is 8.78 Å². The number of hydrogen-bond acceptors (Lipinski definition) is 2. The van der Waals surface area contributed by atoms with Crippen molar-refractivity contribution >= 4 is 66.7 Å². The molecule has 13 rings (SSSR count). The molecule has 0 amide bonds. The molecule has 0 fully saturated rings. The van der Waals surface area contributed by atoms with E-state index in [9.17, 15) is 0 Å². The quantitative estimate of drug-likeness (QED) is 0.158. The molecule has 1 aromatic heterocycles. The Morgan fingerprint density at radius 2 is 0.783 bits per heavy atom. The lowest BCUT2D eigenvalue weighted by Crippen LogP contribution is -2.16. The van der Waals surface area contributed by atoms with Gasteiger partial charge in [0.05, 0.1) is 16.7 Å². The summed E-state index contributed by atoms with van der Waals surface area (Å²) < 4.78 is 32.8. The maximum atomic E-state index is 15.4. The smallest absolute Gasteiger partial charge is 0.128 e. The van der Waals surface area contributed by atoms with Crippen LogP contribution in [-0.4, -0.2) is 4.57 Å². The third-order valence-electron chi connectivity index (χ3n) is 15.0. The van der Waals surface area contributed by atoms with E-state index in [0.717, 1.165) is 72.8 Å². The van der Waals surface area contributed by atoms with E-state index in [0.29, 0.717) is 5.69 Å². The molecule has 0 saturated carbocycles. The maximum absolute atomic E-state index is 15.4. The molecule has 5 heteroatoms. The molecule has 0 atom stereocenters. The van der Waals surface area contributed by atoms with E-state index in [1.54, 1.807) is 0 Å². The first-order chi connectivity index (χ1) is 33.5. The van der Waals surface area contributed by atoms with Gasteiger partial charge in [-0.05, 0) is 152 Å². The van der Waals surface area contributed by atoms with Crippen molar-refractivity contribution in [2.24, 2.45) is 0 Å². The Morgan fingerprint density at radius 3 is 1.35 bits per heavy atom. The second kappa shape index (κ2) is 15.1. The summed E-state index contributed by atoms with van der Waals surface area (Å²) in [5, 5.41) is 4.04. The summed E-state index contributed by atoms with van der Waals surface area (Å²) in [7, 11) is 0. The minimum absolute atomic E-state index is 0.161. The molecule has 0 saturated heterocycles. The van der Waals surface area contributed by atoms with Crippen LogP contribution in [0.4, 0.5) is 42.9 Å². The minimum atomic E-state index is -0.633. The highest BCUT2D eigenvalue weighted by Crippen LogP contribution is 2.53. The van der Waals surface area contributed by atoms with Gasteiger partial charge in [-0.3, -0.25) is 0 Å². The monoisotopic (exact) mass is 895 g/mol. The topological polar surface area (TPSA) is 11.4 Å². The number of aromatic nitrogens is 1. The molecule has 10 aromatic carbocycles. The minimum Gasteiger partial charge on any atom is -0.310 e. The van der Waals surface area contributed by atoms with Crippen LogP contribution in [0.15, 0.2) is 212 Å². The number of benzene rings is 10. The Balaban J connectivity index is 0.998. The zero-order valence-electron chi connectivity index (χ0n) is 38.8. The first-order valence-electron chi connectivity index (χ1n) is 23.7. The standard InChI is InChI=1S/C64H47F2N3/c1-63(2)57-21-13-11-19-51(57)53-28-25-47(37-59(53)63)67(44-15-7-5-8-16-44)46-24-23-40-32-56-55-30-27-49(39-62(55)69(61(56)33-41(40)31-46)50-35-42(65)34-43(66)36-50)68(45-17-9-6-10-18-45)48-26-29-54-52-20-12-14-22-58(52)64(3,4)60(54)38-48/h5-39H,1-4H3. The number of rotatable bonds is 7. The van der Waals surface area contributed by atoms with Crippen molar-refractivity contribution in [3.63, 3.8) is 0 Å². The van der Waals surface area contributed by atoms with Gasteiger partial charge in [-0.15, -0.1) is 0 Å². The van der Waals surface area contributed by atoms with Gasteiger partial charge in [0.25, 0.3) is 0 Å². The Labute approximate surface area is 400 Å². The van der Waals surface area contributed by atoms with Crippen LogP contribution in [0.1, 0.15) is 49.9 Å². The molecule has 0 aliphatic heterocycles. The van der Waals surface area contributed by atoms with Crippen molar-refractivity contribution in [3.05, 3.63) is 246 Å². The van der Waals surface area contributed by atoms with Crippen LogP contribution in [0, 0.1) is 11.6 Å². The van der Waals surface area contributed by atoms with Gasteiger partial charge in [0.15, 0.2) is 0 Å². The molecule has 0 radical (unpaired) electrons. The first-order valence-corrected chi connectivity index (χ1v) is 23.7. The highest BCUT2D eigenvalue weighted by Gasteiger charge is 2.37. The summed E-state index contributed by atoms with van der Waals surface area (Å²) in [6, 6.07) is 73.3. The van der Waals surface area contributed by atoms with E-state index in [1.165, 1.54) is 56.6 Å². The summed E-state index contributed by atoms with van der Waals surface area (Å²) in [5.74, 6) is -1.27. The summed E-state index contributed by atoms with van der Waals surface area (Å²) >= 11 is 0. The van der Waals surface area contributed by atoms with Crippen molar-refractivity contribution in [2.45, 2.75) is 38.5 Å². The normalized spacial score (nSPS) is 13.9. The van der Waals surface area contributed by atoms with Gasteiger partial charge < -0.3 is 14.4 Å². The number of anilines is 6. The van der Waals surface area contributed by atoms with Crippen LogP contribution in [0.2, 0.25) is 0 Å². The molecule has 0 spiro atoms. The fourth-order valence-corrected chi connectivity index (χ4v) is 11.7. The third-order valence-corrected chi connectivity index (χ3v) is 15.0. The van der Waals surface area contributed by atoms with E-state index < -0.39 is 11.6 Å². The summed E-state index contributed by atoms with van der Waals surface area (Å²) in [5.41, 5.74) is 18.1. The number of fused-ring (bicyclic) bond motifs is 10. The third kappa shape index (κ3) is 6.30. The lowest BCUT2D eigenvalue weighted by molar-refractivity contribution is 0.582. The Hall–Kier alpha value is -8.28. The predicted octanol–water partition coefficient (Wildman–Crippen LogP) is 17.8. The van der Waals surface area contributed by atoms with E-state index in [1.807, 2.05) is 16.7 Å². The van der Waals surface area contributed by atoms with Gasteiger partial charge in [0, 0.05) is 61.8 Å². The molecule has 69 heavy (non-hydrogen) atoms. The van der Waals surface area contributed by atoms with Gasteiger partial charge in [0.1, 0.15) is 11.6 Å². The Morgan fingerprint density at radius 1 is 0.333 bits per heavy atom. The molecular weight excluding hydrogens is 849 g/mol. The Kier molecular flexibility index (Phi) is 8.97. The van der Waals surface area contributed by atoms with Crippen LogP contribution >= 0.6 is 0 Å². The highest BCUT2D eigenvalue weighted by molar-refractivity contribution is 6.15. The van der Waals surface area contributed by atoms with Crippen LogP contribution in [0.5, 0.6) is 0 Å². The molecule has 2 aliphatic carbocycles. The lowest BCUT2D eigenvalue weighted by atomic mass is 9.82. The number of nitrogens with zero attached hydrogens (tertiary/aromatic N) is 3. The van der Waals surface area contributed by atoms with Gasteiger partial charge in [-0.1, -0.05) is 137 Å². The van der Waals surface area contributed by atoms with Crippen molar-refractivity contribution in [1.82, 2.24) is 4.57 Å². The zero-order valence-corrected chi connectivity index (χ0v) is 38.8. The van der Waals surface area contributed by atoms with Gasteiger partial charge in [-0.2, -0.15) is 0 Å². The molecule has 0 bridgehead atoms. The first kappa shape index (κ1) is 41.0. The zero-order chi connectivity index (χ0) is 46.8. The van der Waals surface area contributed by atoms with Crippen molar-refractivity contribution in [2.75, 3.05) is 9.80 Å². The molecule has 11 aromatic rings. The van der Waals surface area contributed by atoms with E-state index >= 15 is 8.78 Å². The van der Waals surface area contributed by atoms with Gasteiger partial charge >= 0.3 is 0 Å². The number of para-hydroxylation sites is 2. The van der Waals surface area contributed by atoms with Crippen LogP contribution in [0.3, 0.4) is 0 Å². The number of halogens is 2. The van der Waals surface area contributed by atoms with Crippen LogP contribution < -0.4 is 9.80 Å². The largest absolute Gasteiger partial charge is 0.310 e. The Bertz CT molecular complexity index is 3870. The van der Waals surface area contributed by atoms with E-state index in [2.05, 4.69) is 219 Å². The molecule has 0 unspecified atom stereocenters. The molecule has 2 aliphatic rings. The molecule has 1 heterocycles. The van der Waals surface area contributed by atoms with E-state index in [4.69, 9.17) is 0 Å². The fraction of sp³-hybridized carbons (Fsp3) is 0.0938. The van der Waals surface area contributed by atoms with Crippen LogP contribution in [-0.2, 0) is 10.8 Å². The van der Waals surface area contributed by atoms with Crippen LogP contribution in [0.25, 0.3) is 60.5 Å². The molecule has 3 nitrogen and oxygen atoms in total. The molecular formula is C64H47F2N3. The second-order valence-electron chi connectivity index (χ2n) is 19.7. The fourth-order valence-electron chi connectivity index (χ4n) is 11.7. The number of hydrogen-bond donors (Lipinski definition) is 0. The maximum Gasteiger partial charge on any atom is 0.128 e. The summed E-state index contributed by atoms with van der Waals surface area (Å²) in [6.45, 7) is 9.23. The predicted molar refractivity (Wildman–Crippen MR) is 283 cm³/mol. The van der Waals surface area contributed by atoms with Crippen molar-refractivity contribution in [3.8, 4) is 27.9 Å². The van der Waals surface area contributed by atoms with Crippen molar-refractivity contribution in [1.29, 1.82) is 0 Å². The summed E-state index contributed by atoms with van der Waals surface area (Å²) in [4.78, 5) is 4.61. The molecule has 332 valence electrons. The average molecular weight is 896 g/mol. The lowest BCUT2D eigenvalue weighted by Gasteiger charge is -2.28. The average Bonchev–Trinajstić information content (AvgIpc) is 3.89. The van der Waals surface area contributed by atoms with Gasteiger partial charge in [0.2, 0.25) is 0 Å². The molecule has 0 N–H and O–H groups in total. The van der Waals surface area contributed by atoms with E-state index in [-0.39, 0.29) is 10.8 Å². The SMILES string of the molecule is CC1(C)c2ccccc2-c2ccc(N(c3ccccc3)c3ccc4cc5c6ccc(N(c7ccccc7)c7ccc8c(c7)C(C)(C)c7ccccc7-8)cc6n(-c6cc(F)cc(F)c6)c5cc4c3)cc21. The highest BCUT2D eigenvalue weighted by atomic mass is 19.1. The second-order valence-corrected chi connectivity index (χ2v) is 19.7. The van der Waals surface area contributed by atoms with Gasteiger partial charge in [-0.25, -0.2) is 8.78 Å².